The maximum absolute atomic E-state index is 9.68. The van der Waals surface area contributed by atoms with Crippen molar-refractivity contribution in [2.45, 2.75) is 52.0 Å². The van der Waals surface area contributed by atoms with Gasteiger partial charge in [0.2, 0.25) is 9.03 Å². The summed E-state index contributed by atoms with van der Waals surface area (Å²) in [7, 11) is 0.0231. The van der Waals surface area contributed by atoms with E-state index in [1.54, 1.807) is 6.26 Å². The van der Waals surface area contributed by atoms with Gasteiger partial charge in [-0.15, -0.1) is 0 Å². The van der Waals surface area contributed by atoms with E-state index in [0.29, 0.717) is 0 Å². The van der Waals surface area contributed by atoms with Crippen LogP contribution >= 0.6 is 20.6 Å². The molecule has 0 aromatic heterocycles. The molecule has 3 nitrogen and oxygen atoms in total. The number of hydrogen-bond donors (Lipinski definition) is 0. The fourth-order valence-corrected chi connectivity index (χ4v) is 1.76. The predicted molar refractivity (Wildman–Crippen MR) is 73.3 cm³/mol. The summed E-state index contributed by atoms with van der Waals surface area (Å²) in [5.74, 6) is 0. The molecule has 0 aromatic rings. The third-order valence-corrected chi connectivity index (χ3v) is 3.64. The van der Waals surface area contributed by atoms with E-state index in [1.807, 2.05) is 19.9 Å². The average molecular weight is 281 g/mol. The van der Waals surface area contributed by atoms with Gasteiger partial charge in [0.25, 0.3) is 0 Å². The summed E-state index contributed by atoms with van der Waals surface area (Å²) in [6, 6.07) is 0. The summed E-state index contributed by atoms with van der Waals surface area (Å²) in [4.78, 5) is 9.68. The Balaban J connectivity index is 0.000000325. The van der Waals surface area contributed by atoms with Crippen LogP contribution in [0.3, 0.4) is 0 Å². The van der Waals surface area contributed by atoms with Crippen LogP contribution in [0, 0.1) is 5.41 Å². The van der Waals surface area contributed by atoms with Crippen LogP contribution in [-0.4, -0.2) is 11.8 Å². The molecule has 1 aliphatic rings. The van der Waals surface area contributed by atoms with Crippen molar-refractivity contribution in [1.29, 1.82) is 0 Å². The number of unbranched alkanes of at least 4 members (excludes halogenated alkanes) is 3. The Morgan fingerprint density at radius 3 is 2.76 bits per heavy atom. The van der Waals surface area contributed by atoms with Crippen molar-refractivity contribution < 1.29 is 13.8 Å². The second kappa shape index (κ2) is 9.87. The molecule has 0 spiro atoms. The molecular formula is C12H22ClO3P. The average Bonchev–Trinajstić information content (AvgIpc) is 2.43. The van der Waals surface area contributed by atoms with Gasteiger partial charge in [-0.1, -0.05) is 45.2 Å². The Labute approximate surface area is 111 Å². The van der Waals surface area contributed by atoms with Crippen molar-refractivity contribution >= 4 is 26.9 Å². The quantitative estimate of drug-likeness (QED) is 0.331. The van der Waals surface area contributed by atoms with Gasteiger partial charge in [0, 0.05) is 11.8 Å². The lowest BCUT2D eigenvalue weighted by Gasteiger charge is -2.22. The van der Waals surface area contributed by atoms with Crippen LogP contribution < -0.4 is 0 Å². The third kappa shape index (κ3) is 8.59. The van der Waals surface area contributed by atoms with Crippen molar-refractivity contribution in [3.05, 3.63) is 12.3 Å². The minimum atomic E-state index is -0.287. The Morgan fingerprint density at radius 2 is 2.18 bits per heavy atom. The molecular weight excluding hydrogens is 259 g/mol. The fraction of sp³-hybridized carbons (Fsp3) is 0.750. The number of halogens is 1. The first-order valence-corrected chi connectivity index (χ1v) is 7.11. The highest BCUT2D eigenvalue weighted by molar-refractivity contribution is 7.26. The molecule has 100 valence electrons. The normalized spacial score (nSPS) is 23.2. The first kappa shape index (κ1) is 16.9. The molecule has 1 aliphatic heterocycles. The van der Waals surface area contributed by atoms with E-state index >= 15 is 0 Å². The second-order valence-corrected chi connectivity index (χ2v) is 5.46. The van der Waals surface area contributed by atoms with Gasteiger partial charge < -0.3 is 13.8 Å². The second-order valence-electron chi connectivity index (χ2n) is 4.42. The number of alkyl halides is 1. The van der Waals surface area contributed by atoms with E-state index in [9.17, 15) is 4.79 Å². The van der Waals surface area contributed by atoms with E-state index < -0.39 is 0 Å². The third-order valence-electron chi connectivity index (χ3n) is 2.28. The molecule has 1 heterocycles. The van der Waals surface area contributed by atoms with E-state index in [-0.39, 0.29) is 20.0 Å². The molecule has 0 amide bonds. The van der Waals surface area contributed by atoms with Crippen molar-refractivity contribution in [2.24, 2.45) is 5.41 Å². The lowest BCUT2D eigenvalue weighted by atomic mass is 9.95. The van der Waals surface area contributed by atoms with Crippen LogP contribution in [0.2, 0.25) is 0 Å². The van der Waals surface area contributed by atoms with Crippen LogP contribution in [0.4, 0.5) is 0 Å². The summed E-state index contributed by atoms with van der Waals surface area (Å²) in [6.07, 6.45) is 8.74. The summed E-state index contributed by atoms with van der Waals surface area (Å²) in [5, 5.41) is 0. The van der Waals surface area contributed by atoms with Crippen LogP contribution in [0.15, 0.2) is 12.3 Å². The number of carbonyl (C=O) groups excluding carboxylic acids is 1. The number of hydrogen-bond acceptors (Lipinski definition) is 3. The van der Waals surface area contributed by atoms with E-state index in [4.69, 9.17) is 20.6 Å². The van der Waals surface area contributed by atoms with Crippen LogP contribution in [-0.2, 0) is 13.8 Å². The zero-order chi connectivity index (χ0) is 13.1. The Bertz CT molecular complexity index is 232. The molecule has 0 aliphatic carbocycles. The van der Waals surface area contributed by atoms with Crippen molar-refractivity contribution in [2.75, 3.05) is 0 Å². The Hall–Kier alpha value is -0.110. The van der Waals surface area contributed by atoms with Crippen molar-refractivity contribution in [3.8, 4) is 0 Å². The first-order chi connectivity index (χ1) is 8.04. The van der Waals surface area contributed by atoms with Crippen LogP contribution in [0.25, 0.3) is 0 Å². The number of aldehydes is 1. The topological polar surface area (TPSA) is 35.5 Å². The van der Waals surface area contributed by atoms with E-state index in [2.05, 4.69) is 6.92 Å². The monoisotopic (exact) mass is 280 g/mol. The van der Waals surface area contributed by atoms with Gasteiger partial charge >= 0.3 is 0 Å². The molecule has 1 rings (SSSR count). The summed E-state index contributed by atoms with van der Waals surface area (Å²) in [6.45, 7) is 6.13. The summed E-state index contributed by atoms with van der Waals surface area (Å²) >= 11 is 5.87. The molecule has 0 bridgehead atoms. The lowest BCUT2D eigenvalue weighted by Crippen LogP contribution is -2.21. The highest BCUT2D eigenvalue weighted by Gasteiger charge is 2.27. The number of rotatable bonds is 4. The SMILES string of the molecule is CC1(C)C=COPOC1Cl.CCCCCC=O. The molecule has 0 fully saturated rings. The zero-order valence-electron chi connectivity index (χ0n) is 10.7. The van der Waals surface area contributed by atoms with Gasteiger partial charge in [-0.25, -0.2) is 0 Å². The van der Waals surface area contributed by atoms with Crippen LogP contribution in [0.1, 0.15) is 46.5 Å². The summed E-state index contributed by atoms with van der Waals surface area (Å²) < 4.78 is 10.1. The van der Waals surface area contributed by atoms with Gasteiger partial charge in [-0.05, 0) is 12.5 Å². The van der Waals surface area contributed by atoms with E-state index in [0.717, 1.165) is 19.1 Å². The minimum Gasteiger partial charge on any atom is -0.458 e. The van der Waals surface area contributed by atoms with E-state index in [1.165, 1.54) is 12.8 Å². The van der Waals surface area contributed by atoms with Gasteiger partial charge in [0.05, 0.1) is 6.26 Å². The standard InChI is InChI=1S/C6H10ClO2P.C6H12O/c1-6(2)3-4-8-10-9-5(6)7;1-2-3-4-5-6-7/h3-5,10H,1-2H3;6H,2-5H2,1H3. The predicted octanol–water partition coefficient (Wildman–Crippen LogP) is 4.41. The van der Waals surface area contributed by atoms with Gasteiger partial charge in [0.1, 0.15) is 11.8 Å². The van der Waals surface area contributed by atoms with Gasteiger partial charge in [-0.3, -0.25) is 0 Å². The molecule has 0 saturated heterocycles. The van der Waals surface area contributed by atoms with Crippen molar-refractivity contribution in [1.82, 2.24) is 0 Å². The fourth-order valence-electron chi connectivity index (χ4n) is 1.01. The highest BCUT2D eigenvalue weighted by Crippen LogP contribution is 2.36. The molecule has 2 unspecified atom stereocenters. The zero-order valence-corrected chi connectivity index (χ0v) is 12.5. The molecule has 17 heavy (non-hydrogen) atoms. The molecule has 0 aromatic carbocycles. The Morgan fingerprint density at radius 1 is 1.47 bits per heavy atom. The lowest BCUT2D eigenvalue weighted by molar-refractivity contribution is -0.107. The summed E-state index contributed by atoms with van der Waals surface area (Å²) in [5.41, 5.74) is -0.421. The minimum absolute atomic E-state index is 0.0231. The molecule has 0 radical (unpaired) electrons. The molecule has 0 N–H and O–H groups in total. The van der Waals surface area contributed by atoms with Gasteiger partial charge in [-0.2, -0.15) is 0 Å². The maximum Gasteiger partial charge on any atom is 0.215 e. The molecule has 2 atom stereocenters. The van der Waals surface area contributed by atoms with Crippen LogP contribution in [0.5, 0.6) is 0 Å². The molecule has 5 heteroatoms. The Kier molecular flexibility index (Phi) is 9.81. The smallest absolute Gasteiger partial charge is 0.215 e. The molecule has 0 saturated carbocycles. The van der Waals surface area contributed by atoms with Gasteiger partial charge in [0.15, 0.2) is 0 Å². The first-order valence-electron chi connectivity index (χ1n) is 5.86. The largest absolute Gasteiger partial charge is 0.458 e. The highest BCUT2D eigenvalue weighted by atomic mass is 35.5. The van der Waals surface area contributed by atoms with Crippen molar-refractivity contribution in [3.63, 3.8) is 0 Å². The maximum atomic E-state index is 9.68. The number of carbonyl (C=O) groups is 1.